The van der Waals surface area contributed by atoms with Gasteiger partial charge in [-0.05, 0) is 25.1 Å². The summed E-state index contributed by atoms with van der Waals surface area (Å²) in [7, 11) is 0. The van der Waals surface area contributed by atoms with E-state index in [1.165, 1.54) is 23.6 Å². The molecule has 0 bridgehead atoms. The van der Waals surface area contributed by atoms with E-state index < -0.39 is 0 Å². The van der Waals surface area contributed by atoms with Gasteiger partial charge in [-0.3, -0.25) is 10.2 Å². The van der Waals surface area contributed by atoms with Crippen molar-refractivity contribution >= 4 is 44.6 Å². The third kappa shape index (κ3) is 4.88. The van der Waals surface area contributed by atoms with E-state index in [4.69, 9.17) is 4.74 Å². The summed E-state index contributed by atoms with van der Waals surface area (Å²) in [5, 5.41) is 6.20. The first kappa shape index (κ1) is 16.6. The fraction of sp³-hybridized carbons (Fsp3) is 0.214. The van der Waals surface area contributed by atoms with E-state index in [0.717, 1.165) is 0 Å². The minimum atomic E-state index is -0.373. The van der Waals surface area contributed by atoms with Gasteiger partial charge in [-0.15, -0.1) is 11.3 Å². The SMILES string of the molecule is CCOC(=O)Cc1csc(NN=Cc2ccc(Br)cc2F)n1. The zero-order chi connectivity index (χ0) is 15.9. The lowest BCUT2D eigenvalue weighted by atomic mass is 10.2. The molecule has 2 rings (SSSR count). The molecule has 5 nitrogen and oxygen atoms in total. The van der Waals surface area contributed by atoms with E-state index in [9.17, 15) is 9.18 Å². The molecule has 1 N–H and O–H groups in total. The number of aromatic nitrogens is 1. The molecule has 0 fully saturated rings. The monoisotopic (exact) mass is 385 g/mol. The molecule has 8 heteroatoms. The lowest BCUT2D eigenvalue weighted by molar-refractivity contribution is -0.142. The molecule has 1 heterocycles. The molecule has 116 valence electrons. The van der Waals surface area contributed by atoms with Gasteiger partial charge >= 0.3 is 5.97 Å². The normalized spacial score (nSPS) is 10.9. The van der Waals surface area contributed by atoms with E-state index in [-0.39, 0.29) is 18.2 Å². The standard InChI is InChI=1S/C14H13BrFN3O2S/c1-2-21-13(20)6-11-8-22-14(18-11)19-17-7-9-3-4-10(15)5-12(9)16/h3-5,7-8H,2,6H2,1H3,(H,18,19). The number of halogens is 2. The van der Waals surface area contributed by atoms with Crippen LogP contribution < -0.4 is 5.43 Å². The van der Waals surface area contributed by atoms with Gasteiger partial charge in [0.2, 0.25) is 5.13 Å². The van der Waals surface area contributed by atoms with Gasteiger partial charge < -0.3 is 4.74 Å². The summed E-state index contributed by atoms with van der Waals surface area (Å²) in [4.78, 5) is 15.5. The van der Waals surface area contributed by atoms with Crippen molar-refractivity contribution in [2.24, 2.45) is 5.10 Å². The minimum absolute atomic E-state index is 0.122. The Balaban J connectivity index is 1.93. The number of rotatable bonds is 6. The van der Waals surface area contributed by atoms with Crippen LogP contribution in [0.25, 0.3) is 0 Å². The molecule has 1 aromatic carbocycles. The number of ether oxygens (including phenoxy) is 1. The van der Waals surface area contributed by atoms with Crippen molar-refractivity contribution in [2.45, 2.75) is 13.3 Å². The number of nitrogens with zero attached hydrogens (tertiary/aromatic N) is 2. The van der Waals surface area contributed by atoms with Gasteiger partial charge in [-0.1, -0.05) is 15.9 Å². The summed E-state index contributed by atoms with van der Waals surface area (Å²) in [6.45, 7) is 2.10. The summed E-state index contributed by atoms with van der Waals surface area (Å²) in [5.74, 6) is -0.693. The van der Waals surface area contributed by atoms with Crippen molar-refractivity contribution in [3.8, 4) is 0 Å². The smallest absolute Gasteiger partial charge is 0.311 e. The van der Waals surface area contributed by atoms with E-state index >= 15 is 0 Å². The summed E-state index contributed by atoms with van der Waals surface area (Å²) >= 11 is 4.49. The highest BCUT2D eigenvalue weighted by molar-refractivity contribution is 9.10. The van der Waals surface area contributed by atoms with Crippen molar-refractivity contribution < 1.29 is 13.9 Å². The largest absolute Gasteiger partial charge is 0.466 e. The molecule has 0 atom stereocenters. The predicted octanol–water partition coefficient (Wildman–Crippen LogP) is 3.60. The Morgan fingerprint density at radius 2 is 2.41 bits per heavy atom. The second-order valence-electron chi connectivity index (χ2n) is 4.16. The van der Waals surface area contributed by atoms with Gasteiger partial charge in [0.05, 0.1) is 24.9 Å². The Labute approximate surface area is 139 Å². The molecular weight excluding hydrogens is 373 g/mol. The maximum absolute atomic E-state index is 13.6. The Morgan fingerprint density at radius 1 is 1.59 bits per heavy atom. The molecule has 2 aromatic rings. The van der Waals surface area contributed by atoms with E-state index in [1.807, 2.05) is 0 Å². The van der Waals surface area contributed by atoms with Gasteiger partial charge in [0.25, 0.3) is 0 Å². The quantitative estimate of drug-likeness (QED) is 0.468. The van der Waals surface area contributed by atoms with Crippen LogP contribution in [0.1, 0.15) is 18.2 Å². The highest BCUT2D eigenvalue weighted by Crippen LogP contribution is 2.17. The van der Waals surface area contributed by atoms with Crippen molar-refractivity contribution in [3.63, 3.8) is 0 Å². The molecule has 0 radical (unpaired) electrons. The zero-order valence-corrected chi connectivity index (χ0v) is 14.1. The molecule has 0 amide bonds. The Hall–Kier alpha value is -1.80. The first-order valence-corrected chi connectivity index (χ1v) is 8.10. The van der Waals surface area contributed by atoms with Crippen molar-refractivity contribution in [1.29, 1.82) is 0 Å². The third-order valence-corrected chi connectivity index (χ3v) is 3.80. The molecule has 22 heavy (non-hydrogen) atoms. The number of carbonyl (C=O) groups is 1. The van der Waals surface area contributed by atoms with Crippen molar-refractivity contribution in [2.75, 3.05) is 12.0 Å². The molecular formula is C14H13BrFN3O2S. The van der Waals surface area contributed by atoms with Crippen molar-refractivity contribution in [1.82, 2.24) is 4.98 Å². The number of anilines is 1. The molecule has 0 saturated carbocycles. The molecule has 0 aliphatic rings. The van der Waals surface area contributed by atoms with Crippen LogP contribution in [0.5, 0.6) is 0 Å². The average molecular weight is 386 g/mol. The van der Waals surface area contributed by atoms with E-state index in [1.54, 1.807) is 24.4 Å². The van der Waals surface area contributed by atoms with Crippen LogP contribution in [-0.4, -0.2) is 23.8 Å². The molecule has 0 spiro atoms. The topological polar surface area (TPSA) is 63.6 Å². The second-order valence-corrected chi connectivity index (χ2v) is 5.94. The fourth-order valence-electron chi connectivity index (χ4n) is 1.56. The number of benzene rings is 1. The number of carbonyl (C=O) groups excluding carboxylic acids is 1. The lowest BCUT2D eigenvalue weighted by Crippen LogP contribution is -2.07. The molecule has 1 aromatic heterocycles. The number of hydrazone groups is 1. The Morgan fingerprint density at radius 3 is 3.14 bits per heavy atom. The number of hydrogen-bond acceptors (Lipinski definition) is 6. The maximum atomic E-state index is 13.6. The summed E-state index contributed by atoms with van der Waals surface area (Å²) in [5.41, 5.74) is 3.67. The van der Waals surface area contributed by atoms with Crippen LogP contribution in [0.2, 0.25) is 0 Å². The van der Waals surface area contributed by atoms with Crippen LogP contribution in [0.4, 0.5) is 9.52 Å². The van der Waals surface area contributed by atoms with Crippen molar-refractivity contribution in [3.05, 3.63) is 45.1 Å². The van der Waals surface area contributed by atoms with Crippen LogP contribution in [0.15, 0.2) is 33.2 Å². The Kier molecular flexibility index (Phi) is 6.02. The fourth-order valence-corrected chi connectivity index (χ4v) is 2.55. The highest BCUT2D eigenvalue weighted by Gasteiger charge is 2.08. The van der Waals surface area contributed by atoms with Gasteiger partial charge in [-0.2, -0.15) is 5.10 Å². The van der Waals surface area contributed by atoms with Gasteiger partial charge in [0.1, 0.15) is 5.82 Å². The van der Waals surface area contributed by atoms with Crippen LogP contribution >= 0.6 is 27.3 Å². The van der Waals surface area contributed by atoms with Gasteiger partial charge in [0.15, 0.2) is 0 Å². The molecule has 0 unspecified atom stereocenters. The second kappa shape index (κ2) is 8.00. The predicted molar refractivity (Wildman–Crippen MR) is 87.8 cm³/mol. The minimum Gasteiger partial charge on any atom is -0.466 e. The van der Waals surface area contributed by atoms with Crippen LogP contribution in [0, 0.1) is 5.82 Å². The maximum Gasteiger partial charge on any atom is 0.311 e. The van der Waals surface area contributed by atoms with E-state index in [0.29, 0.717) is 27.5 Å². The summed E-state index contributed by atoms with van der Waals surface area (Å²) < 4.78 is 19.1. The number of thiazole rings is 1. The van der Waals surface area contributed by atoms with Gasteiger partial charge in [-0.25, -0.2) is 9.37 Å². The highest BCUT2D eigenvalue weighted by atomic mass is 79.9. The first-order chi connectivity index (χ1) is 10.6. The number of nitrogens with one attached hydrogen (secondary N) is 1. The zero-order valence-electron chi connectivity index (χ0n) is 11.7. The van der Waals surface area contributed by atoms with Gasteiger partial charge in [0, 0.05) is 15.4 Å². The van der Waals surface area contributed by atoms with Crippen LogP contribution in [0.3, 0.4) is 0 Å². The number of esters is 1. The molecule has 0 aliphatic carbocycles. The lowest BCUT2D eigenvalue weighted by Gasteiger charge is -1.98. The molecule has 0 aliphatic heterocycles. The third-order valence-electron chi connectivity index (χ3n) is 2.51. The van der Waals surface area contributed by atoms with E-state index in [2.05, 4.69) is 31.4 Å². The summed E-state index contributed by atoms with van der Waals surface area (Å²) in [6, 6.07) is 4.70. The summed E-state index contributed by atoms with van der Waals surface area (Å²) in [6.07, 6.45) is 1.49. The first-order valence-electron chi connectivity index (χ1n) is 6.42. The van der Waals surface area contributed by atoms with Crippen LogP contribution in [-0.2, 0) is 16.0 Å². The Bertz CT molecular complexity index is 690. The number of hydrogen-bond donors (Lipinski definition) is 1. The average Bonchev–Trinajstić information content (AvgIpc) is 2.89. The molecule has 0 saturated heterocycles.